The van der Waals surface area contributed by atoms with Gasteiger partial charge in [-0.05, 0) is 12.8 Å². The van der Waals surface area contributed by atoms with Crippen molar-refractivity contribution in [1.82, 2.24) is 24.2 Å². The lowest BCUT2D eigenvalue weighted by molar-refractivity contribution is -0.120. The number of anilines is 1. The number of aliphatic hydroxyl groups is 2. The number of nitrogens with one attached hydrogen (secondary N) is 1. The maximum atomic E-state index is 12.1. The Kier molecular flexibility index (Phi) is 7.79. The van der Waals surface area contributed by atoms with Gasteiger partial charge in [0.15, 0.2) is 23.7 Å². The van der Waals surface area contributed by atoms with Crippen LogP contribution in [0.25, 0.3) is 11.2 Å². The monoisotopic (exact) mass is 502 g/mol. The Hall–Kier alpha value is -3.16. The number of nitrogens with two attached hydrogens (primary N) is 4. The third-order valence-electron chi connectivity index (χ3n) is 4.92. The fourth-order valence-electron chi connectivity index (χ4n) is 3.19. The van der Waals surface area contributed by atoms with Crippen molar-refractivity contribution < 1.29 is 32.3 Å². The Morgan fingerprint density at radius 1 is 1.29 bits per heavy atom. The normalized spacial score (nSPS) is 23.6. The Morgan fingerprint density at radius 2 is 2.03 bits per heavy atom. The predicted molar refractivity (Wildman–Crippen MR) is 117 cm³/mol. The van der Waals surface area contributed by atoms with Gasteiger partial charge in [-0.25, -0.2) is 19.7 Å². The number of amides is 1. The molecule has 5 atom stereocenters. The van der Waals surface area contributed by atoms with Crippen LogP contribution in [0.2, 0.25) is 0 Å². The molecule has 3 rings (SSSR count). The molecule has 3 heterocycles. The summed E-state index contributed by atoms with van der Waals surface area (Å²) in [5.41, 5.74) is 22.3. The van der Waals surface area contributed by atoms with E-state index >= 15 is 0 Å². The fourth-order valence-corrected chi connectivity index (χ4v) is 3.96. The number of hydrogen-bond acceptors (Lipinski definition) is 13. The second-order valence-electron chi connectivity index (χ2n) is 7.39. The minimum atomic E-state index is -4.59. The van der Waals surface area contributed by atoms with Crippen LogP contribution in [-0.4, -0.2) is 87.5 Å². The molecule has 18 heteroatoms. The van der Waals surface area contributed by atoms with Gasteiger partial charge in [-0.2, -0.15) is 8.42 Å². The lowest BCUT2D eigenvalue weighted by Crippen LogP contribution is -2.45. The zero-order valence-electron chi connectivity index (χ0n) is 17.8. The van der Waals surface area contributed by atoms with Crippen LogP contribution in [0.15, 0.2) is 17.6 Å². The van der Waals surface area contributed by atoms with E-state index in [1.54, 1.807) is 4.72 Å². The molecule has 2 aromatic heterocycles. The zero-order valence-corrected chi connectivity index (χ0v) is 18.6. The van der Waals surface area contributed by atoms with Crippen LogP contribution in [0.4, 0.5) is 5.82 Å². The van der Waals surface area contributed by atoms with Gasteiger partial charge < -0.3 is 37.9 Å². The molecule has 1 saturated heterocycles. The quantitative estimate of drug-likeness (QED) is 0.0921. The topological polar surface area (TPSA) is 282 Å². The lowest BCUT2D eigenvalue weighted by atomic mass is 10.1. The number of guanidine groups is 1. The highest BCUT2D eigenvalue weighted by atomic mass is 32.2. The van der Waals surface area contributed by atoms with E-state index < -0.39 is 53.4 Å². The van der Waals surface area contributed by atoms with Crippen LogP contribution >= 0.6 is 0 Å². The van der Waals surface area contributed by atoms with Crippen LogP contribution in [0, 0.1) is 0 Å². The second kappa shape index (κ2) is 10.4. The molecule has 0 radical (unpaired) electrons. The summed E-state index contributed by atoms with van der Waals surface area (Å²) in [6.07, 6.45) is -2.50. The van der Waals surface area contributed by atoms with Crippen molar-refractivity contribution in [2.75, 3.05) is 18.9 Å². The number of aromatic nitrogens is 4. The van der Waals surface area contributed by atoms with E-state index in [-0.39, 0.29) is 35.9 Å². The number of carbonyl (C=O) groups is 1. The highest BCUT2D eigenvalue weighted by Gasteiger charge is 2.45. The molecule has 17 nitrogen and oxygen atoms in total. The molecule has 1 aliphatic heterocycles. The number of carbonyl (C=O) groups excluding carboxylic acids is 1. The maximum Gasteiger partial charge on any atom is 0.362 e. The summed E-state index contributed by atoms with van der Waals surface area (Å²) in [5, 5.41) is 20.7. The van der Waals surface area contributed by atoms with E-state index in [1.807, 2.05) is 0 Å². The number of nitrogens with zero attached hydrogens (tertiary/aromatic N) is 5. The average Bonchev–Trinajstić information content (AvgIpc) is 3.31. The van der Waals surface area contributed by atoms with E-state index in [9.17, 15) is 23.4 Å². The van der Waals surface area contributed by atoms with Crippen molar-refractivity contribution in [3.05, 3.63) is 12.7 Å². The molecular formula is C16H26N10O7S. The number of aliphatic hydroxyl groups excluding tert-OH is 2. The van der Waals surface area contributed by atoms with Crippen molar-refractivity contribution in [1.29, 1.82) is 0 Å². The van der Waals surface area contributed by atoms with Gasteiger partial charge in [0.05, 0.1) is 19.0 Å². The molecule has 188 valence electrons. The zero-order chi connectivity index (χ0) is 25.0. The molecule has 11 N–H and O–H groups in total. The SMILES string of the molecule is NC(N)=NCCC[C@H](N)C(=O)NS(=O)(=O)OC[C@H]1O[C@@H](n2cnc3c(N)ncnc32)[C@@H](O)C1O. The summed E-state index contributed by atoms with van der Waals surface area (Å²) in [5.74, 6) is -1.01. The maximum absolute atomic E-state index is 12.1. The van der Waals surface area contributed by atoms with Crippen LogP contribution in [0.1, 0.15) is 19.1 Å². The summed E-state index contributed by atoms with van der Waals surface area (Å²) in [4.78, 5) is 27.6. The Bertz CT molecular complexity index is 1150. The third-order valence-corrected chi connectivity index (χ3v) is 5.81. The van der Waals surface area contributed by atoms with Crippen molar-refractivity contribution in [3.63, 3.8) is 0 Å². The highest BCUT2D eigenvalue weighted by molar-refractivity contribution is 7.85. The van der Waals surface area contributed by atoms with Crippen LogP contribution in [0.5, 0.6) is 0 Å². The van der Waals surface area contributed by atoms with E-state index in [0.29, 0.717) is 6.42 Å². The molecule has 1 amide bonds. The van der Waals surface area contributed by atoms with Crippen LogP contribution in [0.3, 0.4) is 0 Å². The summed E-state index contributed by atoms with van der Waals surface area (Å²) >= 11 is 0. The molecular weight excluding hydrogens is 476 g/mol. The smallest absolute Gasteiger partial charge is 0.362 e. The highest BCUT2D eigenvalue weighted by Crippen LogP contribution is 2.32. The largest absolute Gasteiger partial charge is 0.387 e. The lowest BCUT2D eigenvalue weighted by Gasteiger charge is -2.16. The molecule has 0 saturated carbocycles. The number of aliphatic imine (C=N–C) groups is 1. The first-order chi connectivity index (χ1) is 16.0. The minimum Gasteiger partial charge on any atom is -0.387 e. The predicted octanol–water partition coefficient (Wildman–Crippen LogP) is -4.21. The van der Waals surface area contributed by atoms with Gasteiger partial charge in [0.25, 0.3) is 5.91 Å². The summed E-state index contributed by atoms with van der Waals surface area (Å²) in [6, 6.07) is -1.16. The Labute approximate surface area is 193 Å². The first-order valence-corrected chi connectivity index (χ1v) is 11.4. The molecule has 1 unspecified atom stereocenters. The molecule has 0 bridgehead atoms. The molecule has 1 fully saturated rings. The molecule has 34 heavy (non-hydrogen) atoms. The van der Waals surface area contributed by atoms with Crippen LogP contribution < -0.4 is 27.7 Å². The molecule has 2 aromatic rings. The minimum absolute atomic E-state index is 0.105. The average molecular weight is 503 g/mol. The standard InChI is InChI=1S/C16H26N10O7S/c17-7(2-1-3-21-16(19)20)14(29)25-34(30,31)32-4-8-10(27)11(28)15(33-8)26-6-24-9-12(18)22-5-23-13(9)26/h5-8,10-11,15,27-28H,1-4,17H2,(H,25,29)(H2,18,22,23)(H4,19,20,21)/t7-,8+,10?,11-,15+/m0/s1. The number of rotatable bonds is 10. The summed E-state index contributed by atoms with van der Waals surface area (Å²) in [7, 11) is -4.59. The third kappa shape index (κ3) is 5.85. The summed E-state index contributed by atoms with van der Waals surface area (Å²) < 4.78 is 37.6. The van der Waals surface area contributed by atoms with Gasteiger partial charge in [0, 0.05) is 6.54 Å². The Balaban J connectivity index is 1.56. The van der Waals surface area contributed by atoms with Crippen molar-refractivity contribution >= 4 is 39.2 Å². The Morgan fingerprint density at radius 3 is 2.74 bits per heavy atom. The van der Waals surface area contributed by atoms with Crippen molar-refractivity contribution in [3.8, 4) is 0 Å². The van der Waals surface area contributed by atoms with Gasteiger partial charge in [0.1, 0.15) is 30.2 Å². The molecule has 0 spiro atoms. The van der Waals surface area contributed by atoms with E-state index in [0.717, 1.165) is 0 Å². The van der Waals surface area contributed by atoms with Gasteiger partial charge in [0.2, 0.25) is 0 Å². The first kappa shape index (κ1) is 25.5. The van der Waals surface area contributed by atoms with E-state index in [4.69, 9.17) is 31.9 Å². The van der Waals surface area contributed by atoms with Gasteiger partial charge in [-0.3, -0.25) is 18.5 Å². The number of fused-ring (bicyclic) bond motifs is 1. The van der Waals surface area contributed by atoms with Crippen molar-refractivity contribution in [2.45, 2.75) is 43.4 Å². The second-order valence-corrected chi connectivity index (χ2v) is 8.74. The first-order valence-electron chi connectivity index (χ1n) is 9.96. The molecule has 0 aliphatic carbocycles. The van der Waals surface area contributed by atoms with E-state index in [1.165, 1.54) is 17.2 Å². The van der Waals surface area contributed by atoms with E-state index in [2.05, 4.69) is 19.9 Å². The summed E-state index contributed by atoms with van der Waals surface area (Å²) in [6.45, 7) is -0.487. The fraction of sp³-hybridized carbons (Fsp3) is 0.562. The number of imidazole rings is 1. The van der Waals surface area contributed by atoms with Gasteiger partial charge in [-0.1, -0.05) is 0 Å². The number of ether oxygens (including phenoxy) is 1. The van der Waals surface area contributed by atoms with Gasteiger partial charge in [-0.15, -0.1) is 0 Å². The number of hydrogen-bond donors (Lipinski definition) is 7. The van der Waals surface area contributed by atoms with Gasteiger partial charge >= 0.3 is 10.3 Å². The molecule has 1 aliphatic rings. The van der Waals surface area contributed by atoms with Crippen LogP contribution in [-0.2, 0) is 24.0 Å². The number of nitrogen functional groups attached to an aromatic ring is 1. The molecule has 0 aromatic carbocycles. The van der Waals surface area contributed by atoms with Crippen molar-refractivity contribution in [2.24, 2.45) is 22.2 Å².